The number of carbonyl (C=O) groups is 1. The summed E-state index contributed by atoms with van der Waals surface area (Å²) >= 11 is 0. The predicted molar refractivity (Wildman–Crippen MR) is 73.6 cm³/mol. The molecule has 6 nitrogen and oxygen atoms in total. The van der Waals surface area contributed by atoms with Crippen LogP contribution >= 0.6 is 0 Å². The Bertz CT molecular complexity index is 626. The first kappa shape index (κ1) is 14.3. The first-order valence-electron chi connectivity index (χ1n) is 6.68. The molecule has 2 aromatic rings. The van der Waals surface area contributed by atoms with Gasteiger partial charge in [0.2, 0.25) is 0 Å². The van der Waals surface area contributed by atoms with Crippen molar-refractivity contribution in [1.82, 2.24) is 14.9 Å². The summed E-state index contributed by atoms with van der Waals surface area (Å²) < 4.78 is 6.93. The Morgan fingerprint density at radius 1 is 1.50 bits per heavy atom. The van der Waals surface area contributed by atoms with Crippen LogP contribution in [-0.4, -0.2) is 26.0 Å². The van der Waals surface area contributed by atoms with E-state index >= 15 is 0 Å². The smallest absolute Gasteiger partial charge is 0.341 e. The van der Waals surface area contributed by atoms with Gasteiger partial charge in [-0.2, -0.15) is 5.10 Å². The van der Waals surface area contributed by atoms with Crippen molar-refractivity contribution in [3.63, 3.8) is 0 Å². The number of hydrogen-bond donors (Lipinski definition) is 1. The minimum atomic E-state index is -1.01. The fraction of sp³-hybridized carbons (Fsp3) is 0.500. The van der Waals surface area contributed by atoms with Gasteiger partial charge in [-0.05, 0) is 12.3 Å². The van der Waals surface area contributed by atoms with E-state index in [0.29, 0.717) is 30.2 Å². The summed E-state index contributed by atoms with van der Waals surface area (Å²) in [6, 6.07) is 0. The average molecular weight is 277 g/mol. The lowest BCUT2D eigenvalue weighted by atomic mass is 10.0. The van der Waals surface area contributed by atoms with Crippen molar-refractivity contribution in [2.45, 2.75) is 33.6 Å². The Hall–Kier alpha value is -2.11. The summed E-state index contributed by atoms with van der Waals surface area (Å²) in [7, 11) is 1.80. The number of aryl methyl sites for hydroxylation is 2. The summed E-state index contributed by atoms with van der Waals surface area (Å²) in [5.41, 5.74) is 2.07. The maximum absolute atomic E-state index is 11.5. The quantitative estimate of drug-likeness (QED) is 0.908. The number of hydrogen-bond acceptors (Lipinski definition) is 4. The molecule has 2 heterocycles. The highest BCUT2D eigenvalue weighted by atomic mass is 16.5. The number of aromatic nitrogens is 3. The zero-order valence-corrected chi connectivity index (χ0v) is 12.2. The molecule has 108 valence electrons. The standard InChI is InChI=1S/C14H19N3O3/c1-5-10-9(7-17(4)15-10)13-12(14(18)19)11(20-16-13)6-8(2)3/h7-8H,5-6H2,1-4H3,(H,18,19). The highest BCUT2D eigenvalue weighted by Gasteiger charge is 2.26. The summed E-state index contributed by atoms with van der Waals surface area (Å²) in [4.78, 5) is 11.5. The fourth-order valence-electron chi connectivity index (χ4n) is 2.23. The van der Waals surface area contributed by atoms with Crippen LogP contribution < -0.4 is 0 Å². The Kier molecular flexibility index (Phi) is 3.92. The molecule has 6 heteroatoms. The molecule has 0 fully saturated rings. The highest BCUT2D eigenvalue weighted by Crippen LogP contribution is 2.29. The average Bonchev–Trinajstić information content (AvgIpc) is 2.91. The molecule has 0 saturated heterocycles. The second-order valence-electron chi connectivity index (χ2n) is 5.25. The minimum Gasteiger partial charge on any atom is -0.477 e. The molecule has 0 aliphatic carbocycles. The van der Waals surface area contributed by atoms with Gasteiger partial charge in [0.05, 0.1) is 5.69 Å². The second kappa shape index (κ2) is 5.48. The molecule has 0 aliphatic heterocycles. The highest BCUT2D eigenvalue weighted by molar-refractivity contribution is 5.96. The maximum Gasteiger partial charge on any atom is 0.341 e. The van der Waals surface area contributed by atoms with Gasteiger partial charge in [-0.15, -0.1) is 0 Å². The van der Waals surface area contributed by atoms with Crippen molar-refractivity contribution in [3.05, 3.63) is 23.2 Å². The van der Waals surface area contributed by atoms with Gasteiger partial charge in [-0.1, -0.05) is 25.9 Å². The van der Waals surface area contributed by atoms with Crippen LogP contribution in [0.5, 0.6) is 0 Å². The minimum absolute atomic E-state index is 0.154. The van der Waals surface area contributed by atoms with Crippen molar-refractivity contribution in [2.24, 2.45) is 13.0 Å². The first-order chi connectivity index (χ1) is 9.43. The fourth-order valence-corrected chi connectivity index (χ4v) is 2.23. The summed E-state index contributed by atoms with van der Waals surface area (Å²) in [6.07, 6.45) is 3.04. The maximum atomic E-state index is 11.5. The van der Waals surface area contributed by atoms with Crippen LogP contribution in [-0.2, 0) is 19.9 Å². The molecule has 20 heavy (non-hydrogen) atoms. The summed E-state index contributed by atoms with van der Waals surface area (Å²) in [5.74, 6) is -0.287. The molecule has 0 unspecified atom stereocenters. The molecular formula is C14H19N3O3. The monoisotopic (exact) mass is 277 g/mol. The van der Waals surface area contributed by atoms with Crippen LogP contribution in [0.15, 0.2) is 10.7 Å². The largest absolute Gasteiger partial charge is 0.477 e. The van der Waals surface area contributed by atoms with Gasteiger partial charge in [-0.3, -0.25) is 4.68 Å². The molecule has 1 N–H and O–H groups in total. The van der Waals surface area contributed by atoms with Crippen molar-refractivity contribution in [3.8, 4) is 11.3 Å². The molecule has 0 amide bonds. The van der Waals surface area contributed by atoms with E-state index in [4.69, 9.17) is 4.52 Å². The topological polar surface area (TPSA) is 81.2 Å². The van der Waals surface area contributed by atoms with Gasteiger partial charge >= 0.3 is 5.97 Å². The Morgan fingerprint density at radius 3 is 2.75 bits per heavy atom. The van der Waals surface area contributed by atoms with E-state index in [1.165, 1.54) is 0 Å². The third-order valence-corrected chi connectivity index (χ3v) is 3.07. The van der Waals surface area contributed by atoms with E-state index in [2.05, 4.69) is 10.3 Å². The van der Waals surface area contributed by atoms with E-state index in [0.717, 1.165) is 11.3 Å². The van der Waals surface area contributed by atoms with Gasteiger partial charge in [0, 0.05) is 25.2 Å². The zero-order chi connectivity index (χ0) is 14.9. The van der Waals surface area contributed by atoms with Crippen molar-refractivity contribution < 1.29 is 14.4 Å². The molecule has 2 aromatic heterocycles. The van der Waals surface area contributed by atoms with Crippen LogP contribution in [0, 0.1) is 5.92 Å². The van der Waals surface area contributed by atoms with E-state index < -0.39 is 5.97 Å². The summed E-state index contributed by atoms with van der Waals surface area (Å²) in [6.45, 7) is 5.99. The molecule has 0 spiro atoms. The lowest BCUT2D eigenvalue weighted by Crippen LogP contribution is -2.04. The molecule has 0 bridgehead atoms. The van der Waals surface area contributed by atoms with E-state index in [9.17, 15) is 9.90 Å². The van der Waals surface area contributed by atoms with Crippen LogP contribution in [0.4, 0.5) is 0 Å². The van der Waals surface area contributed by atoms with Crippen molar-refractivity contribution in [2.75, 3.05) is 0 Å². The lowest BCUT2D eigenvalue weighted by Gasteiger charge is -2.02. The SMILES string of the molecule is CCc1nn(C)cc1-c1noc(CC(C)C)c1C(=O)O. The van der Waals surface area contributed by atoms with Gasteiger partial charge in [-0.25, -0.2) is 4.79 Å². The Morgan fingerprint density at radius 2 is 2.20 bits per heavy atom. The van der Waals surface area contributed by atoms with E-state index in [1.807, 2.05) is 20.8 Å². The first-order valence-corrected chi connectivity index (χ1v) is 6.68. The number of carboxylic acid groups (broad SMARTS) is 1. The second-order valence-corrected chi connectivity index (χ2v) is 5.25. The van der Waals surface area contributed by atoms with Crippen LogP contribution in [0.3, 0.4) is 0 Å². The number of rotatable bonds is 5. The predicted octanol–water partition coefficient (Wildman–Crippen LogP) is 2.53. The molecule has 0 saturated carbocycles. The molecule has 0 radical (unpaired) electrons. The molecule has 2 rings (SSSR count). The van der Waals surface area contributed by atoms with Crippen LogP contribution in [0.25, 0.3) is 11.3 Å². The van der Waals surface area contributed by atoms with Crippen molar-refractivity contribution >= 4 is 5.97 Å². The molecule has 0 atom stereocenters. The number of nitrogens with zero attached hydrogens (tertiary/aromatic N) is 3. The summed E-state index contributed by atoms with van der Waals surface area (Å²) in [5, 5.41) is 17.7. The normalized spacial score (nSPS) is 11.2. The molecule has 0 aromatic carbocycles. The van der Waals surface area contributed by atoms with Gasteiger partial charge < -0.3 is 9.63 Å². The van der Waals surface area contributed by atoms with Gasteiger partial charge in [0.25, 0.3) is 0 Å². The third kappa shape index (κ3) is 2.59. The lowest BCUT2D eigenvalue weighted by molar-refractivity contribution is 0.0695. The van der Waals surface area contributed by atoms with Crippen molar-refractivity contribution in [1.29, 1.82) is 0 Å². The van der Waals surface area contributed by atoms with E-state index in [-0.39, 0.29) is 5.56 Å². The number of aromatic carboxylic acids is 1. The molecule has 0 aliphatic rings. The van der Waals surface area contributed by atoms with Crippen LogP contribution in [0.1, 0.15) is 42.6 Å². The van der Waals surface area contributed by atoms with Crippen LogP contribution in [0.2, 0.25) is 0 Å². The number of carboxylic acids is 1. The molecular weight excluding hydrogens is 258 g/mol. The van der Waals surface area contributed by atoms with Gasteiger partial charge in [0.15, 0.2) is 5.76 Å². The Labute approximate surface area is 117 Å². The van der Waals surface area contributed by atoms with Gasteiger partial charge in [0.1, 0.15) is 11.3 Å². The Balaban J connectivity index is 2.56. The third-order valence-electron chi connectivity index (χ3n) is 3.07. The van der Waals surface area contributed by atoms with E-state index in [1.54, 1.807) is 17.9 Å². The zero-order valence-electron chi connectivity index (χ0n) is 12.2.